The highest BCUT2D eigenvalue weighted by atomic mass is 15.1. The average molecular weight is 1200 g/mol. The van der Waals surface area contributed by atoms with Crippen LogP contribution in [0.3, 0.4) is 0 Å². The first-order valence-electron chi connectivity index (χ1n) is 31.7. The summed E-state index contributed by atoms with van der Waals surface area (Å²) in [6.45, 7) is 2.17. The first-order valence-corrected chi connectivity index (χ1v) is 31.7. The molecule has 18 aromatic rings. The van der Waals surface area contributed by atoms with Crippen LogP contribution in [-0.2, 0) is 0 Å². The number of hydrogen-bond donors (Lipinski definition) is 0. The quantitative estimate of drug-likeness (QED) is 0.128. The lowest BCUT2D eigenvalue weighted by molar-refractivity contribution is 1.03. The number of aromatic nitrogens is 9. The van der Waals surface area contributed by atoms with Crippen LogP contribution in [0, 0.1) is 6.92 Å². The van der Waals surface area contributed by atoms with Gasteiger partial charge in [0, 0.05) is 60.1 Å². The van der Waals surface area contributed by atoms with Crippen LogP contribution in [0.4, 0.5) is 0 Å². The zero-order valence-electron chi connectivity index (χ0n) is 51.0. The smallest absolute Gasteiger partial charge is 0.168 e. The lowest BCUT2D eigenvalue weighted by atomic mass is 9.98. The molecular formula is C85H55N9. The molecule has 0 aliphatic rings. The van der Waals surface area contributed by atoms with Gasteiger partial charge in [0.2, 0.25) is 0 Å². The lowest BCUT2D eigenvalue weighted by Gasteiger charge is -2.26. The predicted molar refractivity (Wildman–Crippen MR) is 384 cm³/mol. The van der Waals surface area contributed by atoms with Gasteiger partial charge in [0.25, 0.3) is 0 Å². The van der Waals surface area contributed by atoms with Crippen LogP contribution >= 0.6 is 0 Å². The second-order valence-corrected chi connectivity index (χ2v) is 23.9. The first-order chi connectivity index (χ1) is 46.5. The molecule has 18 rings (SSSR count). The van der Waals surface area contributed by atoms with Crippen molar-refractivity contribution in [3.8, 4) is 108 Å². The normalized spacial score (nSPS) is 11.7. The summed E-state index contributed by atoms with van der Waals surface area (Å²) in [4.78, 5) is 34.0. The molecule has 0 amide bonds. The zero-order chi connectivity index (χ0) is 62.2. The monoisotopic (exact) mass is 1200 g/mol. The van der Waals surface area contributed by atoms with Gasteiger partial charge in [0.1, 0.15) is 0 Å². The topological polar surface area (TPSA) is 92.1 Å². The Morgan fingerprint density at radius 3 is 0.947 bits per heavy atom. The van der Waals surface area contributed by atoms with Gasteiger partial charge in [-0.25, -0.2) is 29.9 Å². The Bertz CT molecular complexity index is 5850. The van der Waals surface area contributed by atoms with Gasteiger partial charge in [-0.2, -0.15) is 0 Å². The van der Waals surface area contributed by atoms with Crippen molar-refractivity contribution in [3.05, 3.63) is 321 Å². The molecule has 0 unspecified atom stereocenters. The molecule has 0 spiro atoms. The van der Waals surface area contributed by atoms with E-state index in [2.05, 4.69) is 263 Å². The summed E-state index contributed by atoms with van der Waals surface area (Å²) in [5.74, 6) is 2.98. The van der Waals surface area contributed by atoms with E-state index in [1.165, 1.54) is 0 Å². The first kappa shape index (κ1) is 54.2. The Kier molecular flexibility index (Phi) is 12.9. The summed E-state index contributed by atoms with van der Waals surface area (Å²) < 4.78 is 7.34. The molecule has 0 fully saturated rings. The molecule has 0 bridgehead atoms. The van der Waals surface area contributed by atoms with Crippen molar-refractivity contribution in [2.75, 3.05) is 0 Å². The molecule has 9 heteroatoms. The minimum atomic E-state index is 0.443. The van der Waals surface area contributed by atoms with E-state index in [0.717, 1.165) is 138 Å². The zero-order valence-corrected chi connectivity index (χ0v) is 51.0. The number of fused-ring (bicyclic) bond motifs is 9. The second-order valence-electron chi connectivity index (χ2n) is 23.9. The van der Waals surface area contributed by atoms with Gasteiger partial charge in [-0.1, -0.05) is 260 Å². The van der Waals surface area contributed by atoms with Crippen molar-refractivity contribution in [2.24, 2.45) is 0 Å². The highest BCUT2D eigenvalue weighted by Gasteiger charge is 2.33. The van der Waals surface area contributed by atoms with E-state index in [-0.39, 0.29) is 0 Å². The highest BCUT2D eigenvalue weighted by molar-refractivity contribution is 6.16. The molecule has 5 aromatic heterocycles. The van der Waals surface area contributed by atoms with Gasteiger partial charge in [0.15, 0.2) is 34.9 Å². The number of rotatable bonds is 11. The molecule has 0 aliphatic carbocycles. The third-order valence-electron chi connectivity index (χ3n) is 18.2. The van der Waals surface area contributed by atoms with Crippen LogP contribution in [0.5, 0.6) is 0 Å². The maximum Gasteiger partial charge on any atom is 0.168 e. The molecule has 0 saturated heterocycles. The maximum atomic E-state index is 5.87. The number of hydrogen-bond acceptors (Lipinski definition) is 6. The summed E-state index contributed by atoms with van der Waals surface area (Å²) in [6.07, 6.45) is 0. The van der Waals surface area contributed by atoms with Crippen molar-refractivity contribution in [3.63, 3.8) is 0 Å². The van der Waals surface area contributed by atoms with Crippen molar-refractivity contribution >= 4 is 65.4 Å². The Morgan fingerprint density at radius 2 is 0.521 bits per heavy atom. The van der Waals surface area contributed by atoms with E-state index in [1.807, 2.05) is 72.8 Å². The minimum absolute atomic E-state index is 0.443. The number of nitrogens with zero attached hydrogens (tertiary/aromatic N) is 9. The number of benzene rings is 13. The molecule has 94 heavy (non-hydrogen) atoms. The molecule has 13 aromatic carbocycles. The largest absolute Gasteiger partial charge is 0.308 e. The van der Waals surface area contributed by atoms with Crippen molar-refractivity contribution in [1.29, 1.82) is 0 Å². The fourth-order valence-corrected chi connectivity index (χ4v) is 13.9. The van der Waals surface area contributed by atoms with E-state index in [1.54, 1.807) is 0 Å². The summed E-state index contributed by atoms with van der Waals surface area (Å²) in [5, 5.41) is 6.55. The van der Waals surface area contributed by atoms with E-state index in [9.17, 15) is 0 Å². The number of aryl methyl sites for hydroxylation is 1. The molecule has 5 heterocycles. The Labute approximate surface area is 541 Å². The molecule has 0 atom stereocenters. The van der Waals surface area contributed by atoms with E-state index in [4.69, 9.17) is 29.9 Å². The highest BCUT2D eigenvalue weighted by Crippen LogP contribution is 2.50. The third-order valence-corrected chi connectivity index (χ3v) is 18.2. The molecule has 9 nitrogen and oxygen atoms in total. The van der Waals surface area contributed by atoms with Crippen molar-refractivity contribution in [1.82, 2.24) is 43.6 Å². The summed E-state index contributed by atoms with van der Waals surface area (Å²) in [6, 6.07) is 111. The van der Waals surface area contributed by atoms with E-state index < -0.39 is 0 Å². The van der Waals surface area contributed by atoms with Gasteiger partial charge in [-0.05, 0) is 89.8 Å². The van der Waals surface area contributed by atoms with Gasteiger partial charge in [-0.3, -0.25) is 0 Å². The van der Waals surface area contributed by atoms with Crippen molar-refractivity contribution < 1.29 is 0 Å². The number of para-hydroxylation sites is 3. The molecule has 0 saturated carbocycles. The lowest BCUT2D eigenvalue weighted by Crippen LogP contribution is -2.14. The molecule has 0 radical (unpaired) electrons. The molecular weight excluding hydrogens is 1150 g/mol. The Morgan fingerprint density at radius 1 is 0.213 bits per heavy atom. The van der Waals surface area contributed by atoms with Gasteiger partial charge in [0.05, 0.1) is 55.7 Å². The van der Waals surface area contributed by atoms with Crippen LogP contribution in [0.2, 0.25) is 0 Å². The van der Waals surface area contributed by atoms with Crippen molar-refractivity contribution in [2.45, 2.75) is 6.92 Å². The van der Waals surface area contributed by atoms with Gasteiger partial charge < -0.3 is 13.7 Å². The van der Waals surface area contributed by atoms with Gasteiger partial charge in [-0.15, -0.1) is 0 Å². The van der Waals surface area contributed by atoms with Crippen LogP contribution in [0.1, 0.15) is 5.56 Å². The second kappa shape index (κ2) is 22.3. The summed E-state index contributed by atoms with van der Waals surface area (Å²) >= 11 is 0. The summed E-state index contributed by atoms with van der Waals surface area (Å²) in [5.41, 5.74) is 18.8. The predicted octanol–water partition coefficient (Wildman–Crippen LogP) is 21.0. The molecule has 440 valence electrons. The van der Waals surface area contributed by atoms with Crippen LogP contribution in [0.25, 0.3) is 173 Å². The van der Waals surface area contributed by atoms with Gasteiger partial charge >= 0.3 is 0 Å². The SMILES string of the molecule is Cc1ccc2c(c1)c1ccccc1n2-c1c(-n2c3ccccc3c3cc(-c4ccccc4)ccc32)cc(-c2nc(-c3ccccc3)nc(-c3ccccc3)n2)c(-n2c3ccccc3c3cc(-c4ccccc4)ccc32)c1-c1nc(-c2ccccc2)nc(-c2ccccc2)n1. The fraction of sp³-hybridized carbons (Fsp3) is 0.0118. The summed E-state index contributed by atoms with van der Waals surface area (Å²) in [7, 11) is 0. The fourth-order valence-electron chi connectivity index (χ4n) is 13.9. The maximum absolute atomic E-state index is 5.87. The molecule has 0 aliphatic heterocycles. The Balaban J connectivity index is 1.12. The average Bonchev–Trinajstić information content (AvgIpc) is 1.44. The van der Waals surface area contributed by atoms with Crippen LogP contribution in [-0.4, -0.2) is 43.6 Å². The van der Waals surface area contributed by atoms with Crippen LogP contribution in [0.15, 0.2) is 315 Å². The standard InChI is InChI=1S/C85H55N9/c1-54-44-47-74-66(50-54)63-38-21-25-43-72(63)94(74)79-76(92-70-41-23-20-39-64(70)67-51-61(45-48-73(67)92)55-26-8-2-9-27-55)53-69(84-88-80(57-30-12-4-13-31-57)86-81(89-84)58-32-14-5-15-33-58)78(77(79)85-90-82(59-34-16-6-17-35-59)87-83(91-85)60-36-18-7-19-37-60)93-71-42-24-22-40-65(71)68-52-62(46-49-75(68)93)56-28-10-3-11-29-56/h2-53H,1H3. The molecule has 0 N–H and O–H groups in total. The Hall–Kier alpha value is -12.7. The van der Waals surface area contributed by atoms with E-state index >= 15 is 0 Å². The third kappa shape index (κ3) is 9.08. The van der Waals surface area contributed by atoms with Crippen LogP contribution < -0.4 is 0 Å². The van der Waals surface area contributed by atoms with E-state index in [0.29, 0.717) is 40.5 Å². The minimum Gasteiger partial charge on any atom is -0.308 e.